The number of sulfone groups is 1. The molecule has 2 aliphatic heterocycles. The molecule has 0 aliphatic carbocycles. The third-order valence-electron chi connectivity index (χ3n) is 4.36. The molecule has 3 rings (SSSR count). The standard InChI is InChI=1S/C15H18ClNO4S/c1-10-2-3-11(12(16)8-10)15(18)17-5-7-22(19,20)14-9-21-6-4-13(14)17/h2-3,8,13-14H,4-7,9H2,1H3/t13-,14-/m0/s1. The summed E-state index contributed by atoms with van der Waals surface area (Å²) in [7, 11) is -3.20. The molecule has 2 heterocycles. The van der Waals surface area contributed by atoms with Crippen LogP contribution in [0.1, 0.15) is 22.3 Å². The molecule has 0 aromatic heterocycles. The van der Waals surface area contributed by atoms with E-state index in [1.807, 2.05) is 13.0 Å². The van der Waals surface area contributed by atoms with Crippen molar-refractivity contribution >= 4 is 27.3 Å². The lowest BCUT2D eigenvalue weighted by atomic mass is 10.0. The Kier molecular flexibility index (Phi) is 4.18. The maximum Gasteiger partial charge on any atom is 0.255 e. The van der Waals surface area contributed by atoms with Crippen LogP contribution in [0.3, 0.4) is 0 Å². The first-order valence-electron chi connectivity index (χ1n) is 7.26. The molecule has 2 saturated heterocycles. The largest absolute Gasteiger partial charge is 0.380 e. The number of amides is 1. The molecule has 1 aromatic rings. The molecule has 22 heavy (non-hydrogen) atoms. The van der Waals surface area contributed by atoms with Gasteiger partial charge in [-0.2, -0.15) is 0 Å². The van der Waals surface area contributed by atoms with Crippen molar-refractivity contribution in [3.63, 3.8) is 0 Å². The molecule has 0 bridgehead atoms. The van der Waals surface area contributed by atoms with Crippen molar-refractivity contribution in [1.29, 1.82) is 0 Å². The summed E-state index contributed by atoms with van der Waals surface area (Å²) < 4.78 is 29.7. The lowest BCUT2D eigenvalue weighted by Crippen LogP contribution is -2.60. The summed E-state index contributed by atoms with van der Waals surface area (Å²) in [6.07, 6.45) is 0.541. The van der Waals surface area contributed by atoms with Gasteiger partial charge in [-0.1, -0.05) is 17.7 Å². The Hall–Kier alpha value is -1.11. The van der Waals surface area contributed by atoms with Crippen LogP contribution in [0.5, 0.6) is 0 Å². The first kappa shape index (κ1) is 15.8. The fraction of sp³-hybridized carbons (Fsp3) is 0.533. The zero-order valence-electron chi connectivity index (χ0n) is 12.3. The molecule has 0 spiro atoms. The molecule has 0 unspecified atom stereocenters. The van der Waals surface area contributed by atoms with Crippen LogP contribution in [-0.2, 0) is 14.6 Å². The Bertz CT molecular complexity index is 703. The van der Waals surface area contributed by atoms with Gasteiger partial charge in [0.15, 0.2) is 9.84 Å². The number of nitrogens with zero attached hydrogens (tertiary/aromatic N) is 1. The van der Waals surface area contributed by atoms with E-state index in [9.17, 15) is 13.2 Å². The van der Waals surface area contributed by atoms with E-state index in [1.165, 1.54) is 0 Å². The van der Waals surface area contributed by atoms with Gasteiger partial charge in [0, 0.05) is 13.2 Å². The van der Waals surface area contributed by atoms with Gasteiger partial charge in [0.05, 0.1) is 29.0 Å². The molecule has 2 aliphatic rings. The normalized spacial score (nSPS) is 27.3. The number of benzene rings is 1. The quantitative estimate of drug-likeness (QED) is 0.778. The Morgan fingerprint density at radius 2 is 2.18 bits per heavy atom. The minimum Gasteiger partial charge on any atom is -0.380 e. The van der Waals surface area contributed by atoms with Crippen LogP contribution in [0.2, 0.25) is 5.02 Å². The number of carbonyl (C=O) groups excluding carboxylic acids is 1. The second kappa shape index (κ2) is 5.83. The van der Waals surface area contributed by atoms with Crippen molar-refractivity contribution < 1.29 is 17.9 Å². The Balaban J connectivity index is 1.92. The number of hydrogen-bond acceptors (Lipinski definition) is 4. The SMILES string of the molecule is Cc1ccc(C(=O)N2CCS(=O)(=O)[C@H]3COCC[C@@H]32)c(Cl)c1. The number of fused-ring (bicyclic) bond motifs is 1. The monoisotopic (exact) mass is 343 g/mol. The van der Waals surface area contributed by atoms with E-state index in [0.717, 1.165) is 5.56 Å². The van der Waals surface area contributed by atoms with Gasteiger partial charge >= 0.3 is 0 Å². The van der Waals surface area contributed by atoms with E-state index in [1.54, 1.807) is 17.0 Å². The second-order valence-corrected chi connectivity index (χ2v) is 8.56. The summed E-state index contributed by atoms with van der Waals surface area (Å²) in [6.45, 7) is 2.76. The lowest BCUT2D eigenvalue weighted by molar-refractivity contribution is 0.0294. The molecular formula is C15H18ClNO4S. The molecule has 1 aromatic carbocycles. The summed E-state index contributed by atoms with van der Waals surface area (Å²) in [4.78, 5) is 14.5. The number of ether oxygens (including phenoxy) is 1. The highest BCUT2D eigenvalue weighted by atomic mass is 35.5. The van der Waals surface area contributed by atoms with Crippen molar-refractivity contribution in [2.45, 2.75) is 24.6 Å². The van der Waals surface area contributed by atoms with Crippen LogP contribution in [-0.4, -0.2) is 56.0 Å². The van der Waals surface area contributed by atoms with Gasteiger partial charge < -0.3 is 9.64 Å². The lowest BCUT2D eigenvalue weighted by Gasteiger charge is -2.43. The number of halogens is 1. The Morgan fingerprint density at radius 3 is 2.91 bits per heavy atom. The minimum atomic E-state index is -3.20. The van der Waals surface area contributed by atoms with Crippen LogP contribution in [0, 0.1) is 6.92 Å². The fourth-order valence-electron chi connectivity index (χ4n) is 3.14. The van der Waals surface area contributed by atoms with Crippen LogP contribution >= 0.6 is 11.6 Å². The third-order valence-corrected chi connectivity index (χ3v) is 6.80. The summed E-state index contributed by atoms with van der Waals surface area (Å²) in [5, 5.41) is -0.217. The summed E-state index contributed by atoms with van der Waals surface area (Å²) >= 11 is 6.18. The molecule has 5 nitrogen and oxygen atoms in total. The van der Waals surface area contributed by atoms with E-state index >= 15 is 0 Å². The molecule has 7 heteroatoms. The number of hydrogen-bond donors (Lipinski definition) is 0. The average Bonchev–Trinajstić information content (AvgIpc) is 2.47. The first-order chi connectivity index (χ1) is 10.4. The minimum absolute atomic E-state index is 0.0211. The predicted molar refractivity (Wildman–Crippen MR) is 84.0 cm³/mol. The highest BCUT2D eigenvalue weighted by Crippen LogP contribution is 2.29. The highest BCUT2D eigenvalue weighted by molar-refractivity contribution is 7.92. The summed E-state index contributed by atoms with van der Waals surface area (Å²) in [5.74, 6) is -0.218. The fourth-order valence-corrected chi connectivity index (χ4v) is 5.28. The number of carbonyl (C=O) groups is 1. The number of rotatable bonds is 1. The van der Waals surface area contributed by atoms with E-state index in [0.29, 0.717) is 23.6 Å². The molecule has 0 N–H and O–H groups in total. The Morgan fingerprint density at radius 1 is 1.41 bits per heavy atom. The van der Waals surface area contributed by atoms with Crippen molar-refractivity contribution in [2.75, 3.05) is 25.5 Å². The van der Waals surface area contributed by atoms with Gasteiger partial charge in [-0.3, -0.25) is 4.79 Å². The molecular weight excluding hydrogens is 326 g/mol. The Labute approximate surface area is 135 Å². The van der Waals surface area contributed by atoms with Crippen LogP contribution in [0.4, 0.5) is 0 Å². The van der Waals surface area contributed by atoms with E-state index in [2.05, 4.69) is 0 Å². The maximum absolute atomic E-state index is 12.8. The van der Waals surface area contributed by atoms with Crippen molar-refractivity contribution in [3.05, 3.63) is 34.3 Å². The van der Waals surface area contributed by atoms with Gasteiger partial charge in [0.1, 0.15) is 5.25 Å². The van der Waals surface area contributed by atoms with E-state index < -0.39 is 15.1 Å². The van der Waals surface area contributed by atoms with E-state index in [-0.39, 0.29) is 30.9 Å². The average molecular weight is 344 g/mol. The molecule has 0 saturated carbocycles. The molecule has 2 atom stereocenters. The van der Waals surface area contributed by atoms with Gasteiger partial charge in [-0.25, -0.2) is 8.42 Å². The topological polar surface area (TPSA) is 63.7 Å². The number of aryl methyl sites for hydroxylation is 1. The van der Waals surface area contributed by atoms with Crippen molar-refractivity contribution in [3.8, 4) is 0 Å². The first-order valence-corrected chi connectivity index (χ1v) is 9.36. The summed E-state index contributed by atoms with van der Waals surface area (Å²) in [6, 6.07) is 4.97. The highest BCUT2D eigenvalue weighted by Gasteiger charge is 2.45. The van der Waals surface area contributed by atoms with Gasteiger partial charge in [0.25, 0.3) is 5.91 Å². The zero-order chi connectivity index (χ0) is 15.9. The summed E-state index contributed by atoms with van der Waals surface area (Å²) in [5.41, 5.74) is 1.41. The predicted octanol–water partition coefficient (Wildman–Crippen LogP) is 1.68. The maximum atomic E-state index is 12.8. The smallest absolute Gasteiger partial charge is 0.255 e. The molecule has 1 amide bonds. The molecule has 2 fully saturated rings. The van der Waals surface area contributed by atoms with Gasteiger partial charge in [-0.15, -0.1) is 0 Å². The van der Waals surface area contributed by atoms with Gasteiger partial charge in [0.2, 0.25) is 0 Å². The van der Waals surface area contributed by atoms with Crippen LogP contribution in [0.25, 0.3) is 0 Å². The van der Waals surface area contributed by atoms with Crippen LogP contribution < -0.4 is 0 Å². The van der Waals surface area contributed by atoms with Crippen LogP contribution in [0.15, 0.2) is 18.2 Å². The zero-order valence-corrected chi connectivity index (χ0v) is 13.9. The third kappa shape index (κ3) is 2.75. The molecule has 0 radical (unpaired) electrons. The molecule has 120 valence electrons. The second-order valence-electron chi connectivity index (χ2n) is 5.82. The van der Waals surface area contributed by atoms with E-state index in [4.69, 9.17) is 16.3 Å². The van der Waals surface area contributed by atoms with Gasteiger partial charge in [-0.05, 0) is 31.0 Å². The van der Waals surface area contributed by atoms with Crippen molar-refractivity contribution in [2.24, 2.45) is 0 Å². The van der Waals surface area contributed by atoms with Crippen molar-refractivity contribution in [1.82, 2.24) is 4.90 Å².